The molecule has 2 rings (SSSR count). The van der Waals surface area contributed by atoms with E-state index in [-0.39, 0.29) is 11.0 Å². The van der Waals surface area contributed by atoms with Gasteiger partial charge in [0.15, 0.2) is 5.78 Å². The van der Waals surface area contributed by atoms with Crippen molar-refractivity contribution in [3.8, 4) is 0 Å². The number of carbonyl (C=O) groups excluding carboxylic acids is 1. The van der Waals surface area contributed by atoms with Crippen molar-refractivity contribution < 1.29 is 4.79 Å². The van der Waals surface area contributed by atoms with E-state index in [0.29, 0.717) is 6.42 Å². The third-order valence-electron chi connectivity index (χ3n) is 2.45. The average Bonchev–Trinajstić information content (AvgIpc) is 2.37. The molecule has 1 aromatic carbocycles. The van der Waals surface area contributed by atoms with Crippen molar-refractivity contribution in [1.29, 1.82) is 0 Å². The van der Waals surface area contributed by atoms with Crippen molar-refractivity contribution >= 4 is 35.4 Å². The largest absolute Gasteiger partial charge is 0.295 e. The minimum atomic E-state index is 0.195. The van der Waals surface area contributed by atoms with Gasteiger partial charge in [0.25, 0.3) is 0 Å². The highest BCUT2D eigenvalue weighted by atomic mass is 32.2. The molecule has 0 bridgehead atoms. The fourth-order valence-electron chi connectivity index (χ4n) is 1.65. The molecule has 92 valence electrons. The summed E-state index contributed by atoms with van der Waals surface area (Å²) in [4.78, 5) is 11.6. The Balaban J connectivity index is 2.03. The summed E-state index contributed by atoms with van der Waals surface area (Å²) in [6.07, 6.45) is 6.47. The molecule has 1 aromatic rings. The van der Waals surface area contributed by atoms with Gasteiger partial charge < -0.3 is 0 Å². The monoisotopic (exact) mass is 274 g/mol. The molecule has 0 saturated heterocycles. The Labute approximate surface area is 116 Å². The second kappa shape index (κ2) is 6.66. The van der Waals surface area contributed by atoms with Crippen LogP contribution in [-0.2, 0) is 4.79 Å². The van der Waals surface area contributed by atoms with E-state index >= 15 is 0 Å². The van der Waals surface area contributed by atoms with Crippen LogP contribution in [0, 0.1) is 0 Å². The van der Waals surface area contributed by atoms with Crippen molar-refractivity contribution in [2.45, 2.75) is 11.7 Å². The lowest BCUT2D eigenvalue weighted by molar-refractivity contribution is -0.114. The van der Waals surface area contributed by atoms with E-state index in [1.54, 1.807) is 23.2 Å². The molecule has 3 heteroatoms. The summed E-state index contributed by atoms with van der Waals surface area (Å²) in [7, 11) is 0. The lowest BCUT2D eigenvalue weighted by atomic mass is 10.1. The van der Waals surface area contributed by atoms with Gasteiger partial charge in [-0.15, -0.1) is 11.8 Å². The molecular weight excluding hydrogens is 260 g/mol. The van der Waals surface area contributed by atoms with E-state index in [1.165, 1.54) is 11.8 Å². The van der Waals surface area contributed by atoms with Gasteiger partial charge in [0, 0.05) is 22.0 Å². The predicted molar refractivity (Wildman–Crippen MR) is 82.4 cm³/mol. The van der Waals surface area contributed by atoms with Gasteiger partial charge in [-0.2, -0.15) is 0 Å². The summed E-state index contributed by atoms with van der Waals surface area (Å²) in [5.74, 6) is 0.195. The normalized spacial score (nSPS) is 19.9. The molecule has 1 nitrogen and oxygen atoms in total. The molecule has 18 heavy (non-hydrogen) atoms. The molecule has 1 aliphatic rings. The second-order valence-electron chi connectivity index (χ2n) is 3.84. The first-order valence-corrected chi connectivity index (χ1v) is 7.46. The minimum Gasteiger partial charge on any atom is -0.295 e. The predicted octanol–water partition coefficient (Wildman–Crippen LogP) is 4.49. The maximum Gasteiger partial charge on any atom is 0.158 e. The van der Waals surface area contributed by atoms with Gasteiger partial charge >= 0.3 is 0 Å². The Morgan fingerprint density at radius 1 is 1.33 bits per heavy atom. The number of benzene rings is 1. The number of hydrogen-bond acceptors (Lipinski definition) is 3. The van der Waals surface area contributed by atoms with Crippen LogP contribution in [-0.4, -0.2) is 11.0 Å². The van der Waals surface area contributed by atoms with Crippen LogP contribution >= 0.6 is 23.5 Å². The molecule has 0 fully saturated rings. The number of ketones is 1. The maximum absolute atomic E-state index is 11.6. The molecule has 1 atom stereocenters. The van der Waals surface area contributed by atoms with Crippen LogP contribution in [0.3, 0.4) is 0 Å². The first-order chi connectivity index (χ1) is 8.78. The van der Waals surface area contributed by atoms with Crippen LogP contribution in [0.2, 0.25) is 0 Å². The average molecular weight is 274 g/mol. The Kier molecular flexibility index (Phi) is 4.90. The van der Waals surface area contributed by atoms with E-state index in [1.807, 2.05) is 18.2 Å². The van der Waals surface area contributed by atoms with E-state index in [4.69, 9.17) is 0 Å². The Bertz CT molecular complexity index is 488. The van der Waals surface area contributed by atoms with Crippen LogP contribution in [0.1, 0.15) is 12.0 Å². The van der Waals surface area contributed by atoms with Crippen molar-refractivity contribution in [3.63, 3.8) is 0 Å². The van der Waals surface area contributed by atoms with Gasteiger partial charge in [-0.25, -0.2) is 0 Å². The van der Waals surface area contributed by atoms with Gasteiger partial charge in [-0.05, 0) is 11.0 Å². The third kappa shape index (κ3) is 3.93. The van der Waals surface area contributed by atoms with E-state index < -0.39 is 0 Å². The summed E-state index contributed by atoms with van der Waals surface area (Å²) >= 11 is 3.24. The zero-order chi connectivity index (χ0) is 12.8. The quantitative estimate of drug-likeness (QED) is 0.805. The number of allylic oxidation sites excluding steroid dienone is 1. The zero-order valence-corrected chi connectivity index (χ0v) is 11.5. The smallest absolute Gasteiger partial charge is 0.158 e. The van der Waals surface area contributed by atoms with E-state index in [0.717, 1.165) is 9.80 Å². The highest BCUT2D eigenvalue weighted by molar-refractivity contribution is 8.23. The molecular formula is C15H14OS2. The van der Waals surface area contributed by atoms with Gasteiger partial charge in [0.1, 0.15) is 0 Å². The summed E-state index contributed by atoms with van der Waals surface area (Å²) in [6.45, 7) is 3.68. The maximum atomic E-state index is 11.6. The van der Waals surface area contributed by atoms with Gasteiger partial charge in [0.05, 0.1) is 0 Å². The fraction of sp³-hybridized carbons (Fsp3) is 0.133. The zero-order valence-electron chi connectivity index (χ0n) is 9.91. The van der Waals surface area contributed by atoms with Gasteiger partial charge in [-0.3, -0.25) is 4.79 Å². The minimum absolute atomic E-state index is 0.195. The molecule has 1 heterocycles. The summed E-state index contributed by atoms with van der Waals surface area (Å²) < 4.78 is 1.03. The van der Waals surface area contributed by atoms with Crippen molar-refractivity contribution in [2.75, 3.05) is 0 Å². The van der Waals surface area contributed by atoms with E-state index in [9.17, 15) is 4.79 Å². The molecule has 0 aromatic heterocycles. The van der Waals surface area contributed by atoms with Gasteiger partial charge in [-0.1, -0.05) is 60.8 Å². The lowest BCUT2D eigenvalue weighted by Crippen LogP contribution is -2.10. The summed E-state index contributed by atoms with van der Waals surface area (Å²) in [5.41, 5.74) is 1.16. The Morgan fingerprint density at radius 3 is 2.83 bits per heavy atom. The van der Waals surface area contributed by atoms with Crippen LogP contribution in [0.5, 0.6) is 0 Å². The number of thioether (sulfide) groups is 2. The highest BCUT2D eigenvalue weighted by Gasteiger charge is 2.18. The Morgan fingerprint density at radius 2 is 2.11 bits per heavy atom. The topological polar surface area (TPSA) is 17.1 Å². The number of hydrogen-bond donors (Lipinski definition) is 0. The van der Waals surface area contributed by atoms with Crippen LogP contribution < -0.4 is 0 Å². The standard InChI is InChI=1S/C15H14OS2/c1-2-17-15-11-13(16)10-14(18-15)9-8-12-6-4-3-5-7-12/h2-9,11,14H,1,10H2/b9-8+. The van der Waals surface area contributed by atoms with Crippen LogP contribution in [0.4, 0.5) is 0 Å². The molecule has 0 N–H and O–H groups in total. The van der Waals surface area contributed by atoms with E-state index in [2.05, 4.69) is 30.9 Å². The third-order valence-corrected chi connectivity index (χ3v) is 4.52. The SMILES string of the molecule is C=CSC1=CC(=O)CC(/C=C/c2ccccc2)S1. The fourth-order valence-corrected chi connectivity index (χ4v) is 3.71. The second-order valence-corrected chi connectivity index (χ2v) is 6.39. The molecule has 0 amide bonds. The molecule has 0 spiro atoms. The summed E-state index contributed by atoms with van der Waals surface area (Å²) in [6, 6.07) is 10.1. The van der Waals surface area contributed by atoms with Gasteiger partial charge in [0.2, 0.25) is 0 Å². The van der Waals surface area contributed by atoms with Crippen LogP contribution in [0.15, 0.2) is 58.7 Å². The Hall–Kier alpha value is -1.19. The highest BCUT2D eigenvalue weighted by Crippen LogP contribution is 2.38. The van der Waals surface area contributed by atoms with Crippen LogP contribution in [0.25, 0.3) is 6.08 Å². The molecule has 0 aliphatic carbocycles. The first kappa shape index (κ1) is 13.2. The van der Waals surface area contributed by atoms with Crippen molar-refractivity contribution in [2.24, 2.45) is 0 Å². The van der Waals surface area contributed by atoms with Crippen molar-refractivity contribution in [1.82, 2.24) is 0 Å². The molecule has 0 radical (unpaired) electrons. The van der Waals surface area contributed by atoms with Crippen molar-refractivity contribution in [3.05, 3.63) is 64.3 Å². The first-order valence-electron chi connectivity index (χ1n) is 5.70. The lowest BCUT2D eigenvalue weighted by Gasteiger charge is -2.17. The molecule has 0 saturated carbocycles. The number of carbonyl (C=O) groups is 1. The summed E-state index contributed by atoms with van der Waals surface area (Å²) in [5, 5.41) is 1.99. The molecule has 1 unspecified atom stereocenters. The molecule has 1 aliphatic heterocycles. The number of rotatable bonds is 4.